The Hall–Kier alpha value is -1.43. The van der Waals surface area contributed by atoms with Crippen LogP contribution in [0.2, 0.25) is 0 Å². The minimum Gasteiger partial charge on any atom is -0.423 e. The summed E-state index contributed by atoms with van der Waals surface area (Å²) in [7, 11) is -1.57. The summed E-state index contributed by atoms with van der Waals surface area (Å²) in [6, 6.07) is 5.69. The van der Waals surface area contributed by atoms with Crippen LogP contribution in [0.15, 0.2) is 30.4 Å². The molecule has 0 aromatic heterocycles. The standard InChI is InChI=1S/C17H25O4Si/c1-6-10-14-15(21-17(18)13(4)5)11-9-12-16(14)22(19-7-2)20-8-3/h9,11-12H,4,6-8,10H2,1-3,5H3. The predicted molar refractivity (Wildman–Crippen MR) is 89.5 cm³/mol. The summed E-state index contributed by atoms with van der Waals surface area (Å²) in [5.41, 5.74) is 1.38. The Morgan fingerprint density at radius 2 is 1.82 bits per heavy atom. The van der Waals surface area contributed by atoms with Crippen LogP contribution < -0.4 is 9.92 Å². The second-order valence-corrected chi connectivity index (χ2v) is 6.55. The quantitative estimate of drug-likeness (QED) is 0.304. The maximum Gasteiger partial charge on any atom is 0.424 e. The van der Waals surface area contributed by atoms with Gasteiger partial charge in [0, 0.05) is 24.0 Å². The van der Waals surface area contributed by atoms with Gasteiger partial charge < -0.3 is 13.6 Å². The van der Waals surface area contributed by atoms with E-state index in [0.29, 0.717) is 24.5 Å². The van der Waals surface area contributed by atoms with Crippen LogP contribution in [0.25, 0.3) is 0 Å². The molecule has 0 N–H and O–H groups in total. The summed E-state index contributed by atoms with van der Waals surface area (Å²) in [6.07, 6.45) is 1.76. The van der Waals surface area contributed by atoms with Crippen molar-refractivity contribution in [2.75, 3.05) is 13.2 Å². The third-order valence-electron chi connectivity index (χ3n) is 2.95. The molecular weight excluding hydrogens is 296 g/mol. The predicted octanol–water partition coefficient (Wildman–Crippen LogP) is 2.89. The van der Waals surface area contributed by atoms with Crippen LogP contribution in [0.4, 0.5) is 0 Å². The normalized spacial score (nSPS) is 10.8. The summed E-state index contributed by atoms with van der Waals surface area (Å²) >= 11 is 0. The van der Waals surface area contributed by atoms with Gasteiger partial charge in [-0.05, 0) is 38.8 Å². The van der Waals surface area contributed by atoms with Gasteiger partial charge in [0.05, 0.1) is 0 Å². The molecule has 0 spiro atoms. The van der Waals surface area contributed by atoms with Gasteiger partial charge in [-0.1, -0.05) is 32.1 Å². The number of rotatable bonds is 9. The van der Waals surface area contributed by atoms with E-state index in [4.69, 9.17) is 13.6 Å². The average molecular weight is 321 g/mol. The van der Waals surface area contributed by atoms with E-state index >= 15 is 0 Å². The van der Waals surface area contributed by atoms with Gasteiger partial charge in [0.25, 0.3) is 0 Å². The van der Waals surface area contributed by atoms with E-state index in [9.17, 15) is 4.79 Å². The van der Waals surface area contributed by atoms with E-state index in [-0.39, 0.29) is 0 Å². The SMILES string of the molecule is C=C(C)C(=O)Oc1cccc([Si](OCC)OCC)c1CCC. The fourth-order valence-corrected chi connectivity index (χ4v) is 3.65. The van der Waals surface area contributed by atoms with Crippen molar-refractivity contribution in [3.8, 4) is 5.75 Å². The van der Waals surface area contributed by atoms with Crippen molar-refractivity contribution in [1.82, 2.24) is 0 Å². The molecular formula is C17H25O4Si. The molecule has 22 heavy (non-hydrogen) atoms. The number of carbonyl (C=O) groups is 1. The molecule has 4 nitrogen and oxygen atoms in total. The lowest BCUT2D eigenvalue weighted by molar-refractivity contribution is -0.130. The number of carbonyl (C=O) groups excluding carboxylic acids is 1. The van der Waals surface area contributed by atoms with Gasteiger partial charge >= 0.3 is 15.3 Å². The topological polar surface area (TPSA) is 44.8 Å². The summed E-state index contributed by atoms with van der Waals surface area (Å²) in [5.74, 6) is 0.172. The van der Waals surface area contributed by atoms with Crippen molar-refractivity contribution in [3.05, 3.63) is 35.9 Å². The largest absolute Gasteiger partial charge is 0.424 e. The van der Waals surface area contributed by atoms with Crippen LogP contribution in [0.1, 0.15) is 39.7 Å². The molecule has 1 aromatic carbocycles. The van der Waals surface area contributed by atoms with Gasteiger partial charge in [0.15, 0.2) is 0 Å². The Bertz CT molecular complexity index is 507. The van der Waals surface area contributed by atoms with Gasteiger partial charge in [0.1, 0.15) is 5.75 Å². The molecule has 0 fully saturated rings. The molecule has 0 aliphatic rings. The monoisotopic (exact) mass is 321 g/mol. The molecule has 0 saturated carbocycles. The van der Waals surface area contributed by atoms with Gasteiger partial charge in [-0.15, -0.1) is 0 Å². The smallest absolute Gasteiger partial charge is 0.423 e. The second-order valence-electron chi connectivity index (χ2n) is 4.86. The Balaban J connectivity index is 3.20. The highest BCUT2D eigenvalue weighted by atomic mass is 28.3. The lowest BCUT2D eigenvalue weighted by Crippen LogP contribution is -2.39. The Morgan fingerprint density at radius 1 is 1.18 bits per heavy atom. The molecule has 0 amide bonds. The lowest BCUT2D eigenvalue weighted by atomic mass is 10.1. The Morgan fingerprint density at radius 3 is 2.32 bits per heavy atom. The van der Waals surface area contributed by atoms with E-state index in [1.807, 2.05) is 32.0 Å². The van der Waals surface area contributed by atoms with Crippen LogP contribution in [-0.2, 0) is 20.1 Å². The highest BCUT2D eigenvalue weighted by Crippen LogP contribution is 2.20. The van der Waals surface area contributed by atoms with E-state index in [1.165, 1.54) is 0 Å². The highest BCUT2D eigenvalue weighted by molar-refractivity contribution is 6.62. The summed E-state index contributed by atoms with van der Waals surface area (Å²) < 4.78 is 17.0. The maximum absolute atomic E-state index is 11.8. The number of esters is 1. The van der Waals surface area contributed by atoms with Crippen molar-refractivity contribution in [2.24, 2.45) is 0 Å². The first kappa shape index (κ1) is 18.6. The molecule has 0 heterocycles. The molecule has 0 aliphatic carbocycles. The van der Waals surface area contributed by atoms with E-state index < -0.39 is 15.3 Å². The molecule has 5 heteroatoms. The molecule has 1 rings (SSSR count). The highest BCUT2D eigenvalue weighted by Gasteiger charge is 2.24. The van der Waals surface area contributed by atoms with Crippen molar-refractivity contribution in [3.63, 3.8) is 0 Å². The van der Waals surface area contributed by atoms with Gasteiger partial charge in [-0.3, -0.25) is 0 Å². The molecule has 1 radical (unpaired) electrons. The number of hydrogen-bond donors (Lipinski definition) is 0. The average Bonchev–Trinajstić information content (AvgIpc) is 2.49. The van der Waals surface area contributed by atoms with Crippen LogP contribution >= 0.6 is 0 Å². The molecule has 0 saturated heterocycles. The fraction of sp³-hybridized carbons (Fsp3) is 0.471. The van der Waals surface area contributed by atoms with Gasteiger partial charge in [-0.2, -0.15) is 0 Å². The number of hydrogen-bond acceptors (Lipinski definition) is 4. The van der Waals surface area contributed by atoms with Gasteiger partial charge in [-0.25, -0.2) is 4.79 Å². The van der Waals surface area contributed by atoms with E-state index in [0.717, 1.165) is 23.6 Å². The zero-order valence-electron chi connectivity index (χ0n) is 13.9. The zero-order chi connectivity index (χ0) is 16.5. The van der Waals surface area contributed by atoms with Crippen LogP contribution in [0.3, 0.4) is 0 Å². The molecule has 0 atom stereocenters. The fourth-order valence-electron chi connectivity index (χ4n) is 2.01. The van der Waals surface area contributed by atoms with Crippen molar-refractivity contribution in [1.29, 1.82) is 0 Å². The Labute approximate surface area is 134 Å². The molecule has 0 bridgehead atoms. The summed E-state index contributed by atoms with van der Waals surface area (Å²) in [4.78, 5) is 11.8. The van der Waals surface area contributed by atoms with Crippen LogP contribution in [0.5, 0.6) is 5.75 Å². The first-order valence-corrected chi connectivity index (χ1v) is 8.99. The molecule has 1 aromatic rings. The second kappa shape index (κ2) is 9.56. The van der Waals surface area contributed by atoms with Crippen LogP contribution in [-0.4, -0.2) is 28.5 Å². The maximum atomic E-state index is 11.8. The molecule has 121 valence electrons. The third-order valence-corrected chi connectivity index (χ3v) is 4.96. The van der Waals surface area contributed by atoms with Gasteiger partial charge in [0.2, 0.25) is 0 Å². The van der Waals surface area contributed by atoms with E-state index in [1.54, 1.807) is 6.92 Å². The Kier molecular flexibility index (Phi) is 8.09. The minimum atomic E-state index is -1.57. The third kappa shape index (κ3) is 5.09. The number of ether oxygens (including phenoxy) is 1. The first-order valence-electron chi connectivity index (χ1n) is 7.67. The summed E-state index contributed by atoms with van der Waals surface area (Å²) in [5, 5.41) is 1.02. The number of benzene rings is 1. The van der Waals surface area contributed by atoms with E-state index in [2.05, 4.69) is 13.5 Å². The lowest BCUT2D eigenvalue weighted by Gasteiger charge is -2.19. The molecule has 0 aliphatic heterocycles. The minimum absolute atomic E-state index is 0.382. The summed E-state index contributed by atoms with van der Waals surface area (Å²) in [6.45, 7) is 12.4. The first-order chi connectivity index (χ1) is 10.5. The van der Waals surface area contributed by atoms with Crippen molar-refractivity contribution >= 4 is 20.4 Å². The molecule has 0 unspecified atom stereocenters. The van der Waals surface area contributed by atoms with Crippen LogP contribution in [0, 0.1) is 0 Å². The zero-order valence-corrected chi connectivity index (χ0v) is 14.9. The van der Waals surface area contributed by atoms with Crippen molar-refractivity contribution < 1.29 is 18.4 Å². The van der Waals surface area contributed by atoms with Crippen molar-refractivity contribution in [2.45, 2.75) is 40.5 Å².